The van der Waals surface area contributed by atoms with Gasteiger partial charge in [0, 0.05) is 6.54 Å². The Balaban J connectivity index is 1.95. The number of carbonyl (C=O) groups is 2. The zero-order chi connectivity index (χ0) is 16.7. The summed E-state index contributed by atoms with van der Waals surface area (Å²) in [6, 6.07) is 9.02. The van der Waals surface area contributed by atoms with E-state index < -0.39 is 12.0 Å². The molecule has 1 saturated heterocycles. The van der Waals surface area contributed by atoms with E-state index in [0.717, 1.165) is 31.7 Å². The van der Waals surface area contributed by atoms with E-state index in [1.165, 1.54) is 5.56 Å². The van der Waals surface area contributed by atoms with Crippen molar-refractivity contribution in [3.63, 3.8) is 0 Å². The highest BCUT2D eigenvalue weighted by Gasteiger charge is 2.32. The molecule has 2 N–H and O–H groups in total. The lowest BCUT2D eigenvalue weighted by Gasteiger charge is -2.25. The van der Waals surface area contributed by atoms with Crippen LogP contribution in [0.1, 0.15) is 24.8 Å². The minimum absolute atomic E-state index is 0.160. The summed E-state index contributed by atoms with van der Waals surface area (Å²) >= 11 is 1.58. The van der Waals surface area contributed by atoms with Crippen molar-refractivity contribution in [1.82, 2.24) is 10.2 Å². The van der Waals surface area contributed by atoms with Crippen molar-refractivity contribution >= 4 is 23.6 Å². The second-order valence-corrected chi connectivity index (χ2v) is 6.78. The summed E-state index contributed by atoms with van der Waals surface area (Å²) in [5.74, 6) is -0.401. The van der Waals surface area contributed by atoms with E-state index in [2.05, 4.69) is 10.2 Å². The van der Waals surface area contributed by atoms with Gasteiger partial charge in [-0.3, -0.25) is 9.69 Å². The number of thioether (sulfide) groups is 1. The third-order valence-electron chi connectivity index (χ3n) is 4.12. The summed E-state index contributed by atoms with van der Waals surface area (Å²) < 4.78 is 0. The Bertz CT molecular complexity index is 524. The first-order valence-corrected chi connectivity index (χ1v) is 9.31. The summed E-state index contributed by atoms with van der Waals surface area (Å²) in [6.45, 7) is 1.59. The quantitative estimate of drug-likeness (QED) is 0.760. The van der Waals surface area contributed by atoms with E-state index in [-0.39, 0.29) is 11.9 Å². The fourth-order valence-electron chi connectivity index (χ4n) is 2.89. The average Bonchev–Trinajstić information content (AvgIpc) is 3.00. The maximum Gasteiger partial charge on any atom is 0.326 e. The molecular weight excluding hydrogens is 312 g/mol. The summed E-state index contributed by atoms with van der Waals surface area (Å²) in [5.41, 5.74) is 1.17. The van der Waals surface area contributed by atoms with Gasteiger partial charge in [-0.2, -0.15) is 11.8 Å². The lowest BCUT2D eigenvalue weighted by atomic mass is 10.1. The monoisotopic (exact) mass is 336 g/mol. The number of likely N-dealkylation sites (tertiary alicyclic amines) is 1. The maximum absolute atomic E-state index is 12.5. The first kappa shape index (κ1) is 17.8. The van der Waals surface area contributed by atoms with Gasteiger partial charge in [0.1, 0.15) is 6.04 Å². The zero-order valence-electron chi connectivity index (χ0n) is 13.4. The van der Waals surface area contributed by atoms with Crippen molar-refractivity contribution in [2.24, 2.45) is 0 Å². The SMILES string of the molecule is CSCC[C@H](NC(=O)[C@@H]1CCCN1Cc1ccccc1)C(=O)O. The molecule has 0 aliphatic carbocycles. The van der Waals surface area contributed by atoms with E-state index in [1.54, 1.807) is 11.8 Å². The second-order valence-electron chi connectivity index (χ2n) is 5.79. The van der Waals surface area contributed by atoms with E-state index >= 15 is 0 Å². The van der Waals surface area contributed by atoms with Crippen LogP contribution >= 0.6 is 11.8 Å². The minimum Gasteiger partial charge on any atom is -0.480 e. The number of hydrogen-bond acceptors (Lipinski definition) is 4. The highest BCUT2D eigenvalue weighted by atomic mass is 32.2. The third-order valence-corrected chi connectivity index (χ3v) is 4.76. The molecule has 1 aromatic carbocycles. The lowest BCUT2D eigenvalue weighted by Crippen LogP contribution is -2.49. The van der Waals surface area contributed by atoms with Crippen LogP contribution in [-0.4, -0.2) is 52.5 Å². The van der Waals surface area contributed by atoms with Crippen LogP contribution in [0.15, 0.2) is 30.3 Å². The molecule has 1 aliphatic rings. The number of rotatable bonds is 8. The zero-order valence-corrected chi connectivity index (χ0v) is 14.2. The molecule has 2 rings (SSSR count). The van der Waals surface area contributed by atoms with Crippen molar-refractivity contribution in [1.29, 1.82) is 0 Å². The Morgan fingerprint density at radius 2 is 2.13 bits per heavy atom. The van der Waals surface area contributed by atoms with E-state index in [0.29, 0.717) is 6.42 Å². The maximum atomic E-state index is 12.5. The van der Waals surface area contributed by atoms with Crippen molar-refractivity contribution in [2.75, 3.05) is 18.6 Å². The standard InChI is InChI=1S/C17H24N2O3S/c1-23-11-9-14(17(21)22)18-16(20)15-8-5-10-19(15)12-13-6-3-2-4-7-13/h2-4,6-7,14-15H,5,8-12H2,1H3,(H,18,20)(H,21,22)/t14-,15-/m0/s1. The summed E-state index contributed by atoms with van der Waals surface area (Å²) in [4.78, 5) is 25.9. The molecule has 0 bridgehead atoms. The first-order chi connectivity index (χ1) is 11.1. The number of nitrogens with one attached hydrogen (secondary N) is 1. The summed E-state index contributed by atoms with van der Waals surface area (Å²) in [7, 11) is 0. The molecular formula is C17H24N2O3S. The van der Waals surface area contributed by atoms with Gasteiger partial charge in [-0.15, -0.1) is 0 Å². The normalized spacial score (nSPS) is 19.4. The highest BCUT2D eigenvalue weighted by molar-refractivity contribution is 7.98. The Labute approximate surface area is 141 Å². The number of hydrogen-bond donors (Lipinski definition) is 2. The van der Waals surface area contributed by atoms with E-state index in [1.807, 2.05) is 36.6 Å². The van der Waals surface area contributed by atoms with Gasteiger partial charge in [0.25, 0.3) is 0 Å². The van der Waals surface area contributed by atoms with Gasteiger partial charge in [0.05, 0.1) is 6.04 Å². The van der Waals surface area contributed by atoms with Crippen LogP contribution in [0.5, 0.6) is 0 Å². The highest BCUT2D eigenvalue weighted by Crippen LogP contribution is 2.20. The largest absolute Gasteiger partial charge is 0.480 e. The second kappa shape index (κ2) is 8.93. The van der Waals surface area contributed by atoms with Crippen molar-refractivity contribution in [3.05, 3.63) is 35.9 Å². The van der Waals surface area contributed by atoms with Crippen LogP contribution in [0.2, 0.25) is 0 Å². The number of aliphatic carboxylic acids is 1. The molecule has 1 aromatic rings. The van der Waals surface area contributed by atoms with Crippen LogP contribution in [0.25, 0.3) is 0 Å². The first-order valence-electron chi connectivity index (χ1n) is 7.92. The molecule has 0 aromatic heterocycles. The number of benzene rings is 1. The van der Waals surface area contributed by atoms with Crippen molar-refractivity contribution in [2.45, 2.75) is 37.9 Å². The molecule has 0 unspecified atom stereocenters. The number of amides is 1. The van der Waals surface area contributed by atoms with Gasteiger partial charge in [-0.05, 0) is 43.4 Å². The minimum atomic E-state index is -0.958. The van der Waals surface area contributed by atoms with E-state index in [4.69, 9.17) is 0 Å². The molecule has 1 aliphatic heterocycles. The molecule has 5 nitrogen and oxygen atoms in total. The van der Waals surface area contributed by atoms with Gasteiger partial charge in [-0.25, -0.2) is 4.79 Å². The molecule has 2 atom stereocenters. The molecule has 23 heavy (non-hydrogen) atoms. The van der Waals surface area contributed by atoms with Gasteiger partial charge in [0.2, 0.25) is 5.91 Å². The molecule has 1 heterocycles. The predicted molar refractivity (Wildman–Crippen MR) is 92.4 cm³/mol. The van der Waals surface area contributed by atoms with Crippen LogP contribution in [0, 0.1) is 0 Å². The Morgan fingerprint density at radius 3 is 2.78 bits per heavy atom. The van der Waals surface area contributed by atoms with Crippen LogP contribution in [-0.2, 0) is 16.1 Å². The van der Waals surface area contributed by atoms with Gasteiger partial charge < -0.3 is 10.4 Å². The van der Waals surface area contributed by atoms with Crippen molar-refractivity contribution in [3.8, 4) is 0 Å². The number of carboxylic acids is 1. The molecule has 0 saturated carbocycles. The Hall–Kier alpha value is -1.53. The predicted octanol–water partition coefficient (Wildman–Crippen LogP) is 1.97. The molecule has 6 heteroatoms. The molecule has 1 fully saturated rings. The average molecular weight is 336 g/mol. The van der Waals surface area contributed by atoms with Gasteiger partial charge in [-0.1, -0.05) is 30.3 Å². The molecule has 1 amide bonds. The van der Waals surface area contributed by atoms with Crippen LogP contribution in [0.4, 0.5) is 0 Å². The Morgan fingerprint density at radius 1 is 1.39 bits per heavy atom. The molecule has 126 valence electrons. The number of carbonyl (C=O) groups excluding carboxylic acids is 1. The lowest BCUT2D eigenvalue weighted by molar-refractivity contribution is -0.142. The van der Waals surface area contributed by atoms with Crippen molar-refractivity contribution < 1.29 is 14.7 Å². The fraction of sp³-hybridized carbons (Fsp3) is 0.529. The third kappa shape index (κ3) is 5.25. The van der Waals surface area contributed by atoms with E-state index in [9.17, 15) is 14.7 Å². The number of carboxylic acid groups (broad SMARTS) is 1. The van der Waals surface area contributed by atoms with Gasteiger partial charge >= 0.3 is 5.97 Å². The summed E-state index contributed by atoms with van der Waals surface area (Å²) in [6.07, 6.45) is 4.13. The Kier molecular flexibility index (Phi) is 6.92. The summed E-state index contributed by atoms with van der Waals surface area (Å²) in [5, 5.41) is 12.0. The topological polar surface area (TPSA) is 69.6 Å². The van der Waals surface area contributed by atoms with Crippen LogP contribution < -0.4 is 5.32 Å². The van der Waals surface area contributed by atoms with Crippen LogP contribution in [0.3, 0.4) is 0 Å². The smallest absolute Gasteiger partial charge is 0.326 e. The molecule has 0 spiro atoms. The number of nitrogens with zero attached hydrogens (tertiary/aromatic N) is 1. The fourth-order valence-corrected chi connectivity index (χ4v) is 3.36. The van der Waals surface area contributed by atoms with Gasteiger partial charge in [0.15, 0.2) is 0 Å². The molecule has 0 radical (unpaired) electrons.